The van der Waals surface area contributed by atoms with E-state index in [4.69, 9.17) is 0 Å². The van der Waals surface area contributed by atoms with Crippen molar-refractivity contribution in [2.75, 3.05) is 0 Å². The zero-order valence-electron chi connectivity index (χ0n) is 18.9. The minimum atomic E-state index is 1.17. The maximum Gasteiger partial charge on any atom is 0.134 e. The van der Waals surface area contributed by atoms with Gasteiger partial charge in [-0.25, -0.2) is 4.98 Å². The van der Waals surface area contributed by atoms with Gasteiger partial charge in [0.1, 0.15) is 4.83 Å². The van der Waals surface area contributed by atoms with Crippen molar-refractivity contribution in [2.24, 2.45) is 0 Å². The molecule has 3 heteroatoms. The van der Waals surface area contributed by atoms with Crippen molar-refractivity contribution in [1.29, 1.82) is 0 Å². The molecule has 0 unspecified atom stereocenters. The predicted molar refractivity (Wildman–Crippen MR) is 127 cm³/mol. The third-order valence-corrected chi connectivity index (χ3v) is 5.73. The molecule has 0 spiro atoms. The molecule has 0 saturated heterocycles. The first-order valence-corrected chi connectivity index (χ1v) is 12.6. The van der Waals surface area contributed by atoms with Crippen molar-refractivity contribution >= 4 is 32.2 Å². The van der Waals surface area contributed by atoms with Crippen LogP contribution >= 0.6 is 22.7 Å². The van der Waals surface area contributed by atoms with Gasteiger partial charge in [-0.2, -0.15) is 0 Å². The molecule has 0 aliphatic heterocycles. The molecule has 0 radical (unpaired) electrons. The zero-order valence-corrected chi connectivity index (χ0v) is 20.5. The van der Waals surface area contributed by atoms with Crippen LogP contribution in [0.3, 0.4) is 0 Å². The Balaban J connectivity index is 0. The molecule has 0 atom stereocenters. The van der Waals surface area contributed by atoms with Gasteiger partial charge in [-0.3, -0.25) is 0 Å². The van der Waals surface area contributed by atoms with Crippen molar-refractivity contribution in [3.63, 3.8) is 0 Å². The van der Waals surface area contributed by atoms with Gasteiger partial charge in [-0.05, 0) is 19.9 Å². The van der Waals surface area contributed by atoms with Gasteiger partial charge >= 0.3 is 0 Å². The number of unbranched alkanes of at least 4 members (excludes halogenated alkanes) is 8. The fourth-order valence-corrected chi connectivity index (χ4v) is 4.34. The molecular formula is C23H45NS2. The summed E-state index contributed by atoms with van der Waals surface area (Å²) in [4.78, 5) is 6.92. The zero-order chi connectivity index (χ0) is 20.2. The van der Waals surface area contributed by atoms with Crippen molar-refractivity contribution in [3.05, 3.63) is 16.0 Å². The summed E-state index contributed by atoms with van der Waals surface area (Å²) in [6.07, 6.45) is 14.0. The van der Waals surface area contributed by atoms with Crippen LogP contribution in [0.25, 0.3) is 9.53 Å². The summed E-state index contributed by atoms with van der Waals surface area (Å²) in [6.45, 7) is 17.2. The molecule has 26 heavy (non-hydrogen) atoms. The third-order valence-electron chi connectivity index (χ3n) is 3.73. The van der Waals surface area contributed by atoms with E-state index in [-0.39, 0.29) is 0 Å². The van der Waals surface area contributed by atoms with Gasteiger partial charge in [-0.15, -0.1) is 22.7 Å². The number of nitrogens with zero attached hydrogens (tertiary/aromatic N) is 1. The Bertz CT molecular complexity index is 418. The van der Waals surface area contributed by atoms with Gasteiger partial charge in [0.2, 0.25) is 0 Å². The van der Waals surface area contributed by atoms with Gasteiger partial charge < -0.3 is 0 Å². The van der Waals surface area contributed by atoms with Gasteiger partial charge in [0.05, 0.1) is 9.71 Å². The monoisotopic (exact) mass is 399 g/mol. The highest BCUT2D eigenvalue weighted by atomic mass is 32.1. The molecule has 2 aromatic rings. The van der Waals surface area contributed by atoms with Crippen molar-refractivity contribution in [1.82, 2.24) is 4.98 Å². The summed E-state index contributed by atoms with van der Waals surface area (Å²) in [7, 11) is 0. The second-order valence-corrected chi connectivity index (χ2v) is 8.85. The number of thiazole rings is 1. The Morgan fingerprint density at radius 3 is 1.46 bits per heavy atom. The number of hydrogen-bond acceptors (Lipinski definition) is 3. The van der Waals surface area contributed by atoms with Gasteiger partial charge in [0.15, 0.2) is 0 Å². The first kappa shape index (κ1) is 27.8. The maximum atomic E-state index is 4.37. The molecule has 0 saturated carbocycles. The molecule has 2 rings (SSSR count). The SMILES string of the molecule is CC.CCCCCCC.CCCCCCC.Cc1cc2sc(C)nc2s1. The average molecular weight is 400 g/mol. The maximum absolute atomic E-state index is 4.37. The number of hydrogen-bond donors (Lipinski definition) is 0. The minimum Gasteiger partial charge on any atom is -0.231 e. The van der Waals surface area contributed by atoms with Crippen molar-refractivity contribution in [3.8, 4) is 0 Å². The summed E-state index contributed by atoms with van der Waals surface area (Å²) in [5.74, 6) is 0. The molecule has 0 aliphatic rings. The lowest BCUT2D eigenvalue weighted by Gasteiger charge is -1.90. The highest BCUT2D eigenvalue weighted by Crippen LogP contribution is 2.28. The first-order chi connectivity index (χ1) is 12.6. The molecule has 0 fully saturated rings. The second-order valence-electron chi connectivity index (χ2n) is 6.38. The summed E-state index contributed by atoms with van der Waals surface area (Å²) in [5, 5.41) is 1.17. The Hall–Kier alpha value is -0.410. The lowest BCUT2D eigenvalue weighted by molar-refractivity contribution is 0.656. The molecular weight excluding hydrogens is 354 g/mol. The lowest BCUT2D eigenvalue weighted by Crippen LogP contribution is -1.70. The quantitative estimate of drug-likeness (QED) is 0.402. The fourth-order valence-electron chi connectivity index (χ4n) is 2.31. The normalized spacial score (nSPS) is 9.54. The first-order valence-electron chi connectivity index (χ1n) is 10.9. The summed E-state index contributed by atoms with van der Waals surface area (Å²) in [6, 6.07) is 2.20. The van der Waals surface area contributed by atoms with E-state index in [9.17, 15) is 0 Å². The van der Waals surface area contributed by atoms with Crippen LogP contribution < -0.4 is 0 Å². The van der Waals surface area contributed by atoms with Gasteiger partial charge in [0, 0.05) is 4.88 Å². The Kier molecular flexibility index (Phi) is 22.3. The second kappa shape index (κ2) is 20.9. The van der Waals surface area contributed by atoms with E-state index in [2.05, 4.69) is 45.7 Å². The fraction of sp³-hybridized carbons (Fsp3) is 0.783. The van der Waals surface area contributed by atoms with E-state index in [0.29, 0.717) is 0 Å². The number of aryl methyl sites for hydroxylation is 2. The van der Waals surface area contributed by atoms with E-state index < -0.39 is 0 Å². The van der Waals surface area contributed by atoms with Crippen LogP contribution in [0.15, 0.2) is 6.07 Å². The molecule has 0 aromatic carbocycles. The Labute approximate surface area is 172 Å². The molecule has 0 amide bonds. The van der Waals surface area contributed by atoms with Gasteiger partial charge in [0.25, 0.3) is 0 Å². The van der Waals surface area contributed by atoms with Crippen LogP contribution in [0.4, 0.5) is 0 Å². The topological polar surface area (TPSA) is 12.9 Å². The largest absolute Gasteiger partial charge is 0.231 e. The van der Waals surface area contributed by atoms with E-state index in [0.717, 1.165) is 0 Å². The smallest absolute Gasteiger partial charge is 0.134 e. The Morgan fingerprint density at radius 2 is 1.12 bits per heavy atom. The van der Waals surface area contributed by atoms with Crippen LogP contribution in [0, 0.1) is 13.8 Å². The average Bonchev–Trinajstić information content (AvgIpc) is 3.14. The summed E-state index contributed by atoms with van der Waals surface area (Å²) < 4.78 is 1.33. The van der Waals surface area contributed by atoms with E-state index in [1.54, 1.807) is 22.7 Å². The molecule has 2 heterocycles. The standard InChI is InChI=1S/C7H7NS2.2C7H16.C2H6/c1-4-3-6-7(9-4)8-5(2)10-6;2*1-3-5-7-6-4-2;1-2/h3H,1-2H3;2*3-7H2,1-2H3;1-2H3. The number of rotatable bonds is 8. The van der Waals surface area contributed by atoms with Crippen LogP contribution in [0.2, 0.25) is 0 Å². The van der Waals surface area contributed by atoms with Crippen LogP contribution in [0.5, 0.6) is 0 Å². The predicted octanol–water partition coefficient (Wildman–Crippen LogP) is 9.95. The van der Waals surface area contributed by atoms with Crippen LogP contribution in [0.1, 0.15) is 116 Å². The third kappa shape index (κ3) is 15.8. The Morgan fingerprint density at radius 1 is 0.692 bits per heavy atom. The number of thiophene rings is 1. The van der Waals surface area contributed by atoms with Crippen molar-refractivity contribution < 1.29 is 0 Å². The molecule has 2 aromatic heterocycles. The highest BCUT2D eigenvalue weighted by molar-refractivity contribution is 7.27. The molecule has 0 aliphatic carbocycles. The van der Waals surface area contributed by atoms with Crippen molar-refractivity contribution in [2.45, 2.75) is 120 Å². The minimum absolute atomic E-state index is 1.17. The van der Waals surface area contributed by atoms with E-state index in [1.807, 2.05) is 20.8 Å². The van der Waals surface area contributed by atoms with Gasteiger partial charge in [-0.1, -0.05) is 106 Å². The molecule has 0 bridgehead atoms. The summed E-state index contributed by atoms with van der Waals surface area (Å²) in [5.41, 5.74) is 0. The molecule has 0 N–H and O–H groups in total. The highest BCUT2D eigenvalue weighted by Gasteiger charge is 2.01. The number of aromatic nitrogens is 1. The van der Waals surface area contributed by atoms with E-state index in [1.165, 1.54) is 83.6 Å². The van der Waals surface area contributed by atoms with E-state index >= 15 is 0 Å². The molecule has 154 valence electrons. The summed E-state index contributed by atoms with van der Waals surface area (Å²) >= 11 is 3.54. The molecule has 1 nitrogen and oxygen atoms in total. The van der Waals surface area contributed by atoms with Crippen LogP contribution in [-0.4, -0.2) is 4.98 Å². The van der Waals surface area contributed by atoms with Crippen LogP contribution in [-0.2, 0) is 0 Å². The lowest BCUT2D eigenvalue weighted by atomic mass is 10.2. The number of fused-ring (bicyclic) bond motifs is 1.